The first kappa shape index (κ1) is 28.4. The number of aromatic nitrogens is 1. The quantitative estimate of drug-likeness (QED) is 0.331. The topological polar surface area (TPSA) is 121 Å². The third kappa shape index (κ3) is 5.80. The minimum Gasteiger partial charge on any atom is -0.369 e. The first-order valence-corrected chi connectivity index (χ1v) is 15.1. The van der Waals surface area contributed by atoms with Gasteiger partial charge in [0.15, 0.2) is 5.78 Å². The third-order valence-electron chi connectivity index (χ3n) is 9.01. The number of ketones is 1. The van der Waals surface area contributed by atoms with E-state index in [2.05, 4.69) is 15.6 Å². The van der Waals surface area contributed by atoms with Crippen molar-refractivity contribution in [3.63, 3.8) is 0 Å². The molecule has 42 heavy (non-hydrogen) atoms. The molecule has 1 aliphatic carbocycles. The number of amides is 3. The van der Waals surface area contributed by atoms with Crippen molar-refractivity contribution in [2.24, 2.45) is 17.8 Å². The van der Waals surface area contributed by atoms with Gasteiger partial charge < -0.3 is 25.3 Å². The summed E-state index contributed by atoms with van der Waals surface area (Å²) in [5, 5.41) is 7.07. The molecule has 3 N–H and O–H groups in total. The highest BCUT2D eigenvalue weighted by Crippen LogP contribution is 2.43. The van der Waals surface area contributed by atoms with Crippen LogP contribution in [0.3, 0.4) is 0 Å². The lowest BCUT2D eigenvalue weighted by Crippen LogP contribution is -2.53. The van der Waals surface area contributed by atoms with Crippen LogP contribution in [-0.2, 0) is 25.7 Å². The number of halogens is 1. The fourth-order valence-electron chi connectivity index (χ4n) is 6.87. The van der Waals surface area contributed by atoms with Crippen LogP contribution in [0.4, 0.5) is 0 Å². The number of fused-ring (bicyclic) bond motifs is 2. The molecule has 5 atom stereocenters. The zero-order valence-corrected chi connectivity index (χ0v) is 24.1. The van der Waals surface area contributed by atoms with Gasteiger partial charge in [-0.25, -0.2) is 0 Å². The van der Waals surface area contributed by atoms with Gasteiger partial charge in [0, 0.05) is 34.9 Å². The Labute approximate surface area is 249 Å². The number of H-pyrrole nitrogens is 1. The molecule has 3 aliphatic rings. The molecule has 3 amide bonds. The summed E-state index contributed by atoms with van der Waals surface area (Å²) in [4.78, 5) is 58.4. The van der Waals surface area contributed by atoms with Crippen molar-refractivity contribution in [1.29, 1.82) is 0 Å². The zero-order chi connectivity index (χ0) is 29.2. The first-order chi connectivity index (χ1) is 20.4. The van der Waals surface area contributed by atoms with Crippen molar-refractivity contribution < 1.29 is 23.9 Å². The highest BCUT2D eigenvalue weighted by atomic mass is 35.5. The third-order valence-corrected chi connectivity index (χ3v) is 9.33. The second-order valence-electron chi connectivity index (χ2n) is 11.7. The number of rotatable bonds is 10. The predicted molar refractivity (Wildman–Crippen MR) is 158 cm³/mol. The molecule has 0 unspecified atom stereocenters. The molecule has 0 radical (unpaired) electrons. The van der Waals surface area contributed by atoms with E-state index in [4.69, 9.17) is 16.3 Å². The Morgan fingerprint density at radius 2 is 1.90 bits per heavy atom. The van der Waals surface area contributed by atoms with Crippen LogP contribution in [0.15, 0.2) is 54.6 Å². The van der Waals surface area contributed by atoms with Gasteiger partial charge in [0.2, 0.25) is 11.8 Å². The summed E-state index contributed by atoms with van der Waals surface area (Å²) in [7, 11) is 0. The standard InChI is InChI=1S/C32H35ClN4O5/c33-24-10-5-11-25-23(24)15-27(35-25)32(41)37-16-21-8-4-9-22(21)29(37)31(40)36-26(14-20-12-13-34-30(20)39)28(38)18-42-17-19-6-2-1-3-7-19/h1-3,5-7,10-11,15,20-22,26,29,35H,4,8-9,12-14,16-18H2,(H,34,39)(H,36,40)/t20-,21-,22-,26-,29-/m0/s1. The van der Waals surface area contributed by atoms with Gasteiger partial charge in [-0.3, -0.25) is 19.2 Å². The zero-order valence-electron chi connectivity index (χ0n) is 23.3. The van der Waals surface area contributed by atoms with Gasteiger partial charge in [-0.05, 0) is 61.3 Å². The Hall–Kier alpha value is -3.69. The maximum absolute atomic E-state index is 14.0. The van der Waals surface area contributed by atoms with E-state index >= 15 is 0 Å². The molecule has 0 bridgehead atoms. The van der Waals surface area contributed by atoms with Crippen molar-refractivity contribution in [1.82, 2.24) is 20.5 Å². The van der Waals surface area contributed by atoms with Gasteiger partial charge in [0.1, 0.15) is 18.3 Å². The van der Waals surface area contributed by atoms with Crippen LogP contribution in [0.2, 0.25) is 5.02 Å². The summed E-state index contributed by atoms with van der Waals surface area (Å²) in [5.74, 6) is -1.15. The Morgan fingerprint density at radius 3 is 2.67 bits per heavy atom. The van der Waals surface area contributed by atoms with Crippen molar-refractivity contribution >= 4 is 46.0 Å². The summed E-state index contributed by atoms with van der Waals surface area (Å²) < 4.78 is 5.70. The lowest BCUT2D eigenvalue weighted by molar-refractivity contribution is -0.134. The molecular weight excluding hydrogens is 556 g/mol. The van der Waals surface area contributed by atoms with E-state index in [1.807, 2.05) is 42.5 Å². The molecular formula is C32H35ClN4O5. The number of ether oxygens (including phenoxy) is 1. The van der Waals surface area contributed by atoms with Gasteiger partial charge in [0.05, 0.1) is 12.6 Å². The molecule has 220 valence electrons. The Bertz CT molecular complexity index is 1490. The number of benzene rings is 2. The first-order valence-electron chi connectivity index (χ1n) is 14.7. The number of carbonyl (C=O) groups is 4. The molecule has 0 spiro atoms. The number of nitrogens with zero attached hydrogens (tertiary/aromatic N) is 1. The van der Waals surface area contributed by atoms with E-state index in [9.17, 15) is 19.2 Å². The van der Waals surface area contributed by atoms with Crippen LogP contribution in [0.1, 0.15) is 48.2 Å². The average Bonchev–Trinajstić information content (AvgIpc) is 3.77. The van der Waals surface area contributed by atoms with E-state index in [1.165, 1.54) is 0 Å². The molecule has 2 aromatic carbocycles. The van der Waals surface area contributed by atoms with Crippen LogP contribution in [0, 0.1) is 17.8 Å². The summed E-state index contributed by atoms with van der Waals surface area (Å²) in [6, 6.07) is 15.1. The second-order valence-corrected chi connectivity index (χ2v) is 12.1. The van der Waals surface area contributed by atoms with E-state index in [0.29, 0.717) is 30.2 Å². The molecule has 9 nitrogen and oxygen atoms in total. The van der Waals surface area contributed by atoms with Crippen molar-refractivity contribution in [3.8, 4) is 0 Å². The summed E-state index contributed by atoms with van der Waals surface area (Å²) in [6.45, 7) is 1.10. The maximum Gasteiger partial charge on any atom is 0.271 e. The smallest absolute Gasteiger partial charge is 0.271 e. The van der Waals surface area contributed by atoms with Crippen LogP contribution in [0.5, 0.6) is 0 Å². The molecule has 3 heterocycles. The Morgan fingerprint density at radius 1 is 1.07 bits per heavy atom. The van der Waals surface area contributed by atoms with E-state index < -0.39 is 12.1 Å². The van der Waals surface area contributed by atoms with E-state index in [1.54, 1.807) is 17.0 Å². The second kappa shape index (κ2) is 12.3. The van der Waals surface area contributed by atoms with Crippen LogP contribution in [0.25, 0.3) is 10.9 Å². The highest BCUT2D eigenvalue weighted by molar-refractivity contribution is 6.35. The van der Waals surface area contributed by atoms with Crippen LogP contribution in [-0.4, -0.2) is 65.2 Å². The number of hydrogen-bond acceptors (Lipinski definition) is 5. The molecule has 2 saturated heterocycles. The molecule has 6 rings (SSSR count). The monoisotopic (exact) mass is 590 g/mol. The van der Waals surface area contributed by atoms with Crippen LogP contribution >= 0.6 is 11.6 Å². The lowest BCUT2D eigenvalue weighted by atomic mass is 9.92. The molecule has 1 aromatic heterocycles. The van der Waals surface area contributed by atoms with Gasteiger partial charge in [-0.2, -0.15) is 0 Å². The number of hydrogen-bond donors (Lipinski definition) is 3. The average molecular weight is 591 g/mol. The van der Waals surface area contributed by atoms with E-state index in [0.717, 1.165) is 35.7 Å². The minimum absolute atomic E-state index is 0.0155. The fourth-order valence-corrected chi connectivity index (χ4v) is 7.09. The molecule has 3 fully saturated rings. The van der Waals surface area contributed by atoms with Crippen molar-refractivity contribution in [2.45, 2.75) is 50.8 Å². The normalized spacial score (nSPS) is 24.0. The number of nitrogens with one attached hydrogen (secondary N) is 3. The lowest BCUT2D eigenvalue weighted by Gasteiger charge is -2.29. The van der Waals surface area contributed by atoms with Crippen molar-refractivity contribution in [2.75, 3.05) is 19.7 Å². The summed E-state index contributed by atoms with van der Waals surface area (Å²) >= 11 is 6.35. The predicted octanol–water partition coefficient (Wildman–Crippen LogP) is 3.86. The van der Waals surface area contributed by atoms with Gasteiger partial charge in [0.25, 0.3) is 5.91 Å². The highest BCUT2D eigenvalue weighted by Gasteiger charge is 2.50. The largest absolute Gasteiger partial charge is 0.369 e. The van der Waals surface area contributed by atoms with Crippen molar-refractivity contribution in [3.05, 3.63) is 70.9 Å². The SMILES string of the molecule is O=C1NCC[C@H]1C[C@H](NC(=O)[C@@H]1[C@H]2CCC[C@H]2CN1C(=O)c1cc2c(Cl)cccc2[nH]1)C(=O)COCc1ccccc1. The maximum atomic E-state index is 14.0. The minimum atomic E-state index is -0.897. The molecule has 1 saturated carbocycles. The molecule has 2 aliphatic heterocycles. The van der Waals surface area contributed by atoms with E-state index in [-0.39, 0.29) is 60.9 Å². The van der Waals surface area contributed by atoms with Gasteiger partial charge in [-0.15, -0.1) is 0 Å². The Kier molecular flexibility index (Phi) is 8.31. The molecule has 3 aromatic rings. The Balaban J connectivity index is 1.20. The number of carbonyl (C=O) groups excluding carboxylic acids is 4. The summed E-state index contributed by atoms with van der Waals surface area (Å²) in [5.41, 5.74) is 2.06. The number of aromatic amines is 1. The fraction of sp³-hybridized carbons (Fsp3) is 0.438. The van der Waals surface area contributed by atoms with Gasteiger partial charge >= 0.3 is 0 Å². The number of Topliss-reactive ketones (excluding diaryl/α,β-unsaturated/α-hetero) is 1. The van der Waals surface area contributed by atoms with Crippen LogP contribution < -0.4 is 10.6 Å². The summed E-state index contributed by atoms with van der Waals surface area (Å²) in [6.07, 6.45) is 3.59. The van der Waals surface area contributed by atoms with Gasteiger partial charge in [-0.1, -0.05) is 54.4 Å². The molecule has 10 heteroatoms. The number of likely N-dealkylation sites (tertiary alicyclic amines) is 1.